The Hall–Kier alpha value is -2.89. The number of phosphoric acid groups is 1. The maximum absolute atomic E-state index is 12.6. The lowest BCUT2D eigenvalue weighted by Gasteiger charge is -2.20. The smallest absolute Gasteiger partial charge is 0.462 e. The minimum Gasteiger partial charge on any atom is -0.462 e. The van der Waals surface area contributed by atoms with Gasteiger partial charge in [0.25, 0.3) is 0 Å². The SMILES string of the molecule is CCCCC/C=C\C[C@H](O)/C=C/C=C/C=C\[C@H](O)CCCC(=O)O[C@H](COC(=O)CCC/C=C\C/C=C\C/C=C\CCCCCCCC)COP(=O)(O)OCCN. The fourth-order valence-electron chi connectivity index (χ4n) is 5.20. The highest BCUT2D eigenvalue weighted by Crippen LogP contribution is 2.43. The van der Waals surface area contributed by atoms with Crippen molar-refractivity contribution in [3.05, 3.63) is 85.1 Å². The van der Waals surface area contributed by atoms with Crippen molar-refractivity contribution in [2.45, 2.75) is 161 Å². The van der Waals surface area contributed by atoms with Gasteiger partial charge in [-0.1, -0.05) is 144 Å². The van der Waals surface area contributed by atoms with E-state index >= 15 is 0 Å². The van der Waals surface area contributed by atoms with Gasteiger partial charge in [-0.05, 0) is 70.6 Å². The first-order valence-corrected chi connectivity index (χ1v) is 22.8. The van der Waals surface area contributed by atoms with Crippen LogP contribution in [0.25, 0.3) is 0 Å². The summed E-state index contributed by atoms with van der Waals surface area (Å²) in [6, 6.07) is 0. The normalized spacial score (nSPS) is 15.3. The minimum atomic E-state index is -4.46. The number of hydrogen-bond acceptors (Lipinski definition) is 10. The van der Waals surface area contributed by atoms with Crippen LogP contribution in [-0.2, 0) is 32.7 Å². The van der Waals surface area contributed by atoms with Gasteiger partial charge in [0.1, 0.15) is 6.61 Å². The van der Waals surface area contributed by atoms with Crippen LogP contribution in [0.15, 0.2) is 85.1 Å². The van der Waals surface area contributed by atoms with E-state index in [1.165, 1.54) is 51.4 Å². The van der Waals surface area contributed by atoms with Gasteiger partial charge in [0.2, 0.25) is 0 Å². The van der Waals surface area contributed by atoms with E-state index in [2.05, 4.69) is 50.3 Å². The number of aliphatic hydroxyl groups excluding tert-OH is 2. The van der Waals surface area contributed by atoms with Crippen molar-refractivity contribution in [3.8, 4) is 0 Å². The quantitative estimate of drug-likeness (QED) is 0.0153. The minimum absolute atomic E-state index is 0.00268. The number of esters is 2. The third-order valence-electron chi connectivity index (χ3n) is 8.44. The molecular weight excluding hydrogens is 745 g/mol. The van der Waals surface area contributed by atoms with Gasteiger partial charge >= 0.3 is 19.8 Å². The van der Waals surface area contributed by atoms with Crippen LogP contribution in [0.1, 0.15) is 142 Å². The zero-order valence-electron chi connectivity index (χ0n) is 35.0. The molecule has 0 aliphatic rings. The summed E-state index contributed by atoms with van der Waals surface area (Å²) in [5, 5.41) is 20.3. The summed E-state index contributed by atoms with van der Waals surface area (Å²) in [4.78, 5) is 34.8. The first-order chi connectivity index (χ1) is 27.6. The molecule has 0 aromatic heterocycles. The summed E-state index contributed by atoms with van der Waals surface area (Å²) < 4.78 is 32.5. The molecule has 5 N–H and O–H groups in total. The number of phosphoric ester groups is 1. The van der Waals surface area contributed by atoms with E-state index < -0.39 is 44.7 Å². The molecule has 0 bridgehead atoms. The lowest BCUT2D eigenvalue weighted by atomic mass is 10.1. The number of aliphatic hydroxyl groups is 2. The molecule has 0 amide bonds. The highest BCUT2D eigenvalue weighted by Gasteiger charge is 2.26. The van der Waals surface area contributed by atoms with Crippen molar-refractivity contribution in [2.24, 2.45) is 5.73 Å². The van der Waals surface area contributed by atoms with Gasteiger partial charge in [0.15, 0.2) is 6.10 Å². The fraction of sp³-hybridized carbons (Fsp3) is 0.644. The van der Waals surface area contributed by atoms with Gasteiger partial charge in [-0.2, -0.15) is 0 Å². The fourth-order valence-corrected chi connectivity index (χ4v) is 5.96. The van der Waals surface area contributed by atoms with Gasteiger partial charge in [0, 0.05) is 19.4 Å². The Morgan fingerprint density at radius 1 is 0.632 bits per heavy atom. The molecule has 0 rings (SSSR count). The Morgan fingerprint density at radius 3 is 1.84 bits per heavy atom. The third-order valence-corrected chi connectivity index (χ3v) is 9.43. The highest BCUT2D eigenvalue weighted by atomic mass is 31.2. The number of allylic oxidation sites excluding steroid dienone is 11. The number of hydrogen-bond donors (Lipinski definition) is 4. The number of rotatable bonds is 38. The molecule has 0 aliphatic carbocycles. The van der Waals surface area contributed by atoms with Crippen molar-refractivity contribution in [1.29, 1.82) is 0 Å². The van der Waals surface area contributed by atoms with Crippen LogP contribution in [-0.4, -0.2) is 71.7 Å². The molecule has 1 unspecified atom stereocenters. The summed E-state index contributed by atoms with van der Waals surface area (Å²) in [6.07, 6.45) is 42.5. The monoisotopic (exact) mass is 822 g/mol. The van der Waals surface area contributed by atoms with Crippen molar-refractivity contribution < 1.29 is 47.8 Å². The molecule has 0 aliphatic heterocycles. The van der Waals surface area contributed by atoms with E-state index in [1.54, 1.807) is 36.5 Å². The molecule has 57 heavy (non-hydrogen) atoms. The van der Waals surface area contributed by atoms with Crippen LogP contribution < -0.4 is 5.73 Å². The average molecular weight is 822 g/mol. The Labute approximate surface area is 344 Å². The molecule has 0 fully saturated rings. The summed E-state index contributed by atoms with van der Waals surface area (Å²) >= 11 is 0. The Balaban J connectivity index is 4.54. The van der Waals surface area contributed by atoms with Gasteiger partial charge in [0.05, 0.1) is 25.4 Å². The Bertz CT molecular complexity index is 1240. The summed E-state index contributed by atoms with van der Waals surface area (Å²) in [5.74, 6) is -1.14. The first-order valence-electron chi connectivity index (χ1n) is 21.3. The maximum Gasteiger partial charge on any atom is 0.472 e. The number of carbonyl (C=O) groups excluding carboxylic acids is 2. The molecule has 11 nitrogen and oxygen atoms in total. The van der Waals surface area contributed by atoms with Gasteiger partial charge < -0.3 is 30.3 Å². The molecule has 0 heterocycles. The van der Waals surface area contributed by atoms with Gasteiger partial charge in [-0.25, -0.2) is 4.57 Å². The average Bonchev–Trinajstić information content (AvgIpc) is 3.19. The van der Waals surface area contributed by atoms with Gasteiger partial charge in [-0.15, -0.1) is 0 Å². The molecule has 0 saturated heterocycles. The maximum atomic E-state index is 12.6. The predicted octanol–water partition coefficient (Wildman–Crippen LogP) is 9.99. The van der Waals surface area contributed by atoms with Crippen LogP contribution in [0.5, 0.6) is 0 Å². The highest BCUT2D eigenvalue weighted by molar-refractivity contribution is 7.47. The number of unbranched alkanes of at least 4 members (excludes halogenated alkanes) is 10. The van der Waals surface area contributed by atoms with Crippen LogP contribution in [0.2, 0.25) is 0 Å². The molecular formula is C45H76NO10P. The standard InChI is InChI=1S/C45H76NO10P/c1-3-5-7-9-11-12-13-14-15-16-17-18-19-20-21-23-29-35-44(49)53-39-43(40-55-57(51,52)54-38-37-46)56-45(50)36-30-34-42(48)33-28-25-24-27-32-41(47)31-26-22-10-8-6-4-2/h14-15,17-18,20-22,24-28,32-33,41-43,47-48H,3-13,16,19,23,29-31,34-40,46H2,1-2H3,(H,51,52)/b15-14-,18-17-,21-20-,25-24+,26-22-,32-27+,33-28-/t41-,42-,43+/m0/s1. The van der Waals surface area contributed by atoms with Crippen molar-refractivity contribution >= 4 is 19.8 Å². The lowest BCUT2D eigenvalue weighted by Crippen LogP contribution is -2.29. The van der Waals surface area contributed by atoms with Crippen LogP contribution in [0, 0.1) is 0 Å². The van der Waals surface area contributed by atoms with Crippen LogP contribution in [0.4, 0.5) is 0 Å². The van der Waals surface area contributed by atoms with E-state index in [-0.39, 0.29) is 39.0 Å². The van der Waals surface area contributed by atoms with E-state index in [9.17, 15) is 29.3 Å². The molecule has 326 valence electrons. The second-order valence-corrected chi connectivity index (χ2v) is 15.4. The summed E-state index contributed by atoms with van der Waals surface area (Å²) in [7, 11) is -4.46. The molecule has 12 heteroatoms. The van der Waals surface area contributed by atoms with Crippen molar-refractivity contribution in [1.82, 2.24) is 0 Å². The van der Waals surface area contributed by atoms with Gasteiger partial charge in [-0.3, -0.25) is 18.6 Å². The van der Waals surface area contributed by atoms with E-state index in [1.807, 2.05) is 12.2 Å². The summed E-state index contributed by atoms with van der Waals surface area (Å²) in [6.45, 7) is 3.29. The molecule has 0 aromatic rings. The molecule has 0 saturated carbocycles. The molecule has 0 spiro atoms. The summed E-state index contributed by atoms with van der Waals surface area (Å²) in [5.41, 5.74) is 5.32. The second-order valence-electron chi connectivity index (χ2n) is 13.9. The second kappa shape index (κ2) is 39.9. The first kappa shape index (κ1) is 54.1. The van der Waals surface area contributed by atoms with Crippen LogP contribution in [0.3, 0.4) is 0 Å². The largest absolute Gasteiger partial charge is 0.472 e. The zero-order chi connectivity index (χ0) is 42.1. The lowest BCUT2D eigenvalue weighted by molar-refractivity contribution is -0.161. The van der Waals surface area contributed by atoms with E-state index in [4.69, 9.17) is 24.3 Å². The molecule has 0 aromatic carbocycles. The number of carbonyl (C=O) groups is 2. The Kier molecular flexibility index (Phi) is 37.9. The predicted molar refractivity (Wildman–Crippen MR) is 231 cm³/mol. The zero-order valence-corrected chi connectivity index (χ0v) is 35.9. The topological polar surface area (TPSA) is 175 Å². The number of nitrogens with two attached hydrogens (primary N) is 1. The third kappa shape index (κ3) is 39.7. The van der Waals surface area contributed by atoms with E-state index in [0.29, 0.717) is 25.7 Å². The van der Waals surface area contributed by atoms with E-state index in [0.717, 1.165) is 32.1 Å². The van der Waals surface area contributed by atoms with Crippen molar-refractivity contribution in [2.75, 3.05) is 26.4 Å². The molecule has 4 atom stereocenters. The van der Waals surface area contributed by atoms with Crippen LogP contribution >= 0.6 is 7.82 Å². The molecule has 0 radical (unpaired) electrons. The Morgan fingerprint density at radius 2 is 1.18 bits per heavy atom. The van der Waals surface area contributed by atoms with Crippen molar-refractivity contribution in [3.63, 3.8) is 0 Å². The number of ether oxygens (including phenoxy) is 2.